The molecule has 0 amide bonds. The lowest BCUT2D eigenvalue weighted by molar-refractivity contribution is -0.0670. The van der Waals surface area contributed by atoms with Crippen LogP contribution in [0, 0.1) is 5.82 Å². The molecule has 2 bridgehead atoms. The van der Waals surface area contributed by atoms with Crippen LogP contribution < -0.4 is 11.3 Å². The first-order valence-corrected chi connectivity index (χ1v) is 22.1. The van der Waals surface area contributed by atoms with Crippen LogP contribution in [0.2, 0.25) is 0 Å². The summed E-state index contributed by atoms with van der Waals surface area (Å²) in [5.74, 6) is -1.06. The van der Waals surface area contributed by atoms with Crippen molar-refractivity contribution in [2.24, 2.45) is 0 Å². The number of halogens is 2. The summed E-state index contributed by atoms with van der Waals surface area (Å²) in [6.45, 7) is 18.4. The highest BCUT2D eigenvalue weighted by Gasteiger charge is 2.54. The van der Waals surface area contributed by atoms with Gasteiger partial charge in [0.2, 0.25) is 0 Å². The van der Waals surface area contributed by atoms with Crippen LogP contribution in [0.4, 0.5) is 14.6 Å². The van der Waals surface area contributed by atoms with Gasteiger partial charge in [-0.05, 0) is 39.3 Å². The molecule has 59 heavy (non-hydrogen) atoms. The monoisotopic (exact) mass is 880 g/mol. The van der Waals surface area contributed by atoms with E-state index in [1.807, 2.05) is 0 Å². The number of nitrogen functional groups attached to an aromatic ring is 1. The lowest BCUT2D eigenvalue weighted by Crippen LogP contribution is -2.35. The predicted octanol–water partition coefficient (Wildman–Crippen LogP) is 2.49. The Morgan fingerprint density at radius 2 is 1.39 bits per heavy atom. The van der Waals surface area contributed by atoms with Crippen molar-refractivity contribution in [3.8, 4) is 0 Å². The summed E-state index contributed by atoms with van der Waals surface area (Å²) < 4.78 is 90.5. The number of H-pyrrole nitrogens is 1. The second-order valence-electron chi connectivity index (χ2n) is 13.4. The number of hydrogen-bond acceptors (Lipinski definition) is 17. The molecule has 10 atom stereocenters. The summed E-state index contributed by atoms with van der Waals surface area (Å²) in [5, 5.41) is 10.5. The summed E-state index contributed by atoms with van der Waals surface area (Å²) in [6.07, 6.45) is -10.3. The van der Waals surface area contributed by atoms with Gasteiger partial charge in [0.25, 0.3) is 5.56 Å². The Balaban J connectivity index is 0.000000407. The highest BCUT2D eigenvalue weighted by molar-refractivity contribution is 7.47. The van der Waals surface area contributed by atoms with Gasteiger partial charge in [-0.1, -0.05) is 41.5 Å². The van der Waals surface area contributed by atoms with Crippen LogP contribution in [0.3, 0.4) is 0 Å². The van der Waals surface area contributed by atoms with Crippen LogP contribution in [0.15, 0.2) is 30.0 Å². The number of rotatable bonds is 8. The molecule has 0 radical (unpaired) electrons. The first-order valence-electron chi connectivity index (χ1n) is 19.1. The molecule has 3 fully saturated rings. The van der Waals surface area contributed by atoms with E-state index >= 15 is 4.39 Å². The number of phosphoric acid groups is 2. The normalized spacial score (nSPS) is 31.2. The second kappa shape index (κ2) is 20.0. The van der Waals surface area contributed by atoms with Gasteiger partial charge in [0.1, 0.15) is 47.8 Å². The molecule has 0 saturated carbocycles. The average Bonchev–Trinajstić information content (AvgIpc) is 3.95. The number of anilines is 1. The van der Waals surface area contributed by atoms with Crippen LogP contribution >= 0.6 is 15.6 Å². The van der Waals surface area contributed by atoms with E-state index in [1.165, 1.54) is 39.3 Å². The molecule has 7 heterocycles. The molecular formula is C33H52F2N10O12P2. The number of nitrogens with two attached hydrogens (primary N) is 1. The number of aliphatic hydroxyl groups excluding tert-OH is 1. The minimum Gasteiger partial charge on any atom is -0.387 e. The zero-order valence-electron chi connectivity index (χ0n) is 33.4. The summed E-state index contributed by atoms with van der Waals surface area (Å²) in [6, 6.07) is 0. The molecule has 0 aliphatic carbocycles. The number of imidazole rings is 1. The maximum absolute atomic E-state index is 15.9. The first kappa shape index (κ1) is 46.7. The molecule has 26 heteroatoms. The minimum absolute atomic E-state index is 0.0171. The summed E-state index contributed by atoms with van der Waals surface area (Å²) in [7, 11) is -10.4. The Kier molecular flexibility index (Phi) is 15.8. The first-order chi connectivity index (χ1) is 28.0. The van der Waals surface area contributed by atoms with Crippen molar-refractivity contribution >= 4 is 43.7 Å². The number of aliphatic hydroxyl groups is 1. The fourth-order valence-corrected chi connectivity index (χ4v) is 8.60. The lowest BCUT2D eigenvalue weighted by atomic mass is 10.1. The van der Waals surface area contributed by atoms with E-state index in [2.05, 4.69) is 76.3 Å². The molecule has 4 aromatic heterocycles. The molecule has 4 aromatic rings. The smallest absolute Gasteiger partial charge is 0.387 e. The molecule has 3 aliphatic heterocycles. The standard InChI is InChI=1S/C21H22F2N8O12P2.2C6H15N/c22-7-1-30(17-10(7)19(33)28-5-26-17)21-15-13(32)8(40-21)2-38-44(34,35)42-14-9(3-39-45(36,37)43-15)41-20(11(14)23)31-6-29-12-16(24)25-4-27-18(12)31;2*1-4-7(5-2)6-3/h1,4-6,8-9,11,13-15,20-21,32H,2-3H2,(H,34,35)(H,36,37)(H2,24,25,27)(H,26,28,33);2*4-6H2,1-3H3/t8-,9-,11-,13-,14-,15-,20-,21-;;/m1../s1. The Labute approximate surface area is 337 Å². The van der Waals surface area contributed by atoms with E-state index in [-0.39, 0.29) is 22.6 Å². The van der Waals surface area contributed by atoms with Gasteiger partial charge in [-0.3, -0.25) is 27.5 Å². The second-order valence-corrected chi connectivity index (χ2v) is 16.2. The molecule has 22 nitrogen and oxygen atoms in total. The molecule has 0 spiro atoms. The van der Waals surface area contributed by atoms with E-state index in [1.54, 1.807) is 0 Å². The fraction of sp³-hybridized carbons (Fsp3) is 0.667. The van der Waals surface area contributed by atoms with Crippen molar-refractivity contribution < 1.29 is 60.4 Å². The number of aromatic nitrogens is 7. The highest BCUT2D eigenvalue weighted by Crippen LogP contribution is 2.54. The van der Waals surface area contributed by atoms with Gasteiger partial charge in [0, 0.05) is 6.20 Å². The van der Waals surface area contributed by atoms with E-state index in [4.69, 9.17) is 33.3 Å². The Morgan fingerprint density at radius 1 is 0.831 bits per heavy atom. The van der Waals surface area contributed by atoms with Crippen LogP contribution in [0.25, 0.3) is 22.2 Å². The van der Waals surface area contributed by atoms with E-state index in [0.29, 0.717) is 0 Å². The number of ether oxygens (including phenoxy) is 2. The number of phosphoric ester groups is 2. The van der Waals surface area contributed by atoms with Gasteiger partial charge in [-0.15, -0.1) is 0 Å². The average molecular weight is 881 g/mol. The largest absolute Gasteiger partial charge is 0.472 e. The zero-order chi connectivity index (χ0) is 43.2. The van der Waals surface area contributed by atoms with Gasteiger partial charge < -0.3 is 49.5 Å². The fourth-order valence-electron chi connectivity index (χ4n) is 6.72. The molecule has 3 aliphatic rings. The summed E-state index contributed by atoms with van der Waals surface area (Å²) in [4.78, 5) is 56.0. The van der Waals surface area contributed by atoms with Crippen molar-refractivity contribution in [3.63, 3.8) is 0 Å². The maximum atomic E-state index is 15.9. The molecule has 2 unspecified atom stereocenters. The van der Waals surface area contributed by atoms with Crippen LogP contribution in [0.5, 0.6) is 0 Å². The Hall–Kier alpha value is -3.35. The summed E-state index contributed by atoms with van der Waals surface area (Å²) >= 11 is 0. The van der Waals surface area contributed by atoms with Crippen molar-refractivity contribution in [1.82, 2.24) is 43.9 Å². The molecule has 3 saturated heterocycles. The number of aromatic amines is 1. The van der Waals surface area contributed by atoms with E-state index < -0.39 is 94.8 Å². The minimum atomic E-state index is -5.21. The highest BCUT2D eigenvalue weighted by atomic mass is 31.2. The topological polar surface area (TPSA) is 277 Å². The number of alkyl halides is 1. The third-order valence-corrected chi connectivity index (χ3v) is 12.1. The van der Waals surface area contributed by atoms with Crippen LogP contribution in [0.1, 0.15) is 54.0 Å². The van der Waals surface area contributed by atoms with Gasteiger partial charge in [0.15, 0.2) is 41.6 Å². The van der Waals surface area contributed by atoms with Gasteiger partial charge in [0.05, 0.1) is 25.9 Å². The van der Waals surface area contributed by atoms with Gasteiger partial charge in [-0.25, -0.2) is 37.8 Å². The quantitative estimate of drug-likeness (QED) is 0.159. The number of nitrogens with zero attached hydrogens (tertiary/aromatic N) is 8. The molecule has 0 aromatic carbocycles. The number of nitrogens with one attached hydrogen (secondary N) is 1. The van der Waals surface area contributed by atoms with Crippen LogP contribution in [-0.2, 0) is 36.7 Å². The third kappa shape index (κ3) is 10.6. The van der Waals surface area contributed by atoms with Gasteiger partial charge in [-0.2, -0.15) is 0 Å². The third-order valence-electron chi connectivity index (χ3n) is 10.1. The number of fused-ring (bicyclic) bond motifs is 5. The number of hydrogen-bond donors (Lipinski definition) is 5. The van der Waals surface area contributed by atoms with Gasteiger partial charge >= 0.3 is 15.6 Å². The lowest BCUT2D eigenvalue weighted by Gasteiger charge is -2.25. The van der Waals surface area contributed by atoms with Crippen molar-refractivity contribution in [2.45, 2.75) is 90.7 Å². The van der Waals surface area contributed by atoms with Crippen molar-refractivity contribution in [3.05, 3.63) is 41.3 Å². The van der Waals surface area contributed by atoms with E-state index in [9.17, 15) is 33.2 Å². The van der Waals surface area contributed by atoms with Crippen molar-refractivity contribution in [2.75, 3.05) is 58.2 Å². The molecule has 6 N–H and O–H groups in total. The summed E-state index contributed by atoms with van der Waals surface area (Å²) in [5.41, 5.74) is 4.81. The zero-order valence-corrected chi connectivity index (χ0v) is 35.2. The molecule has 330 valence electrons. The SMILES string of the molecule is CCN(CC)CC.CCN(CC)CC.Nc1ncnc2c1ncn2[C@@H]1O[C@@H]2COP(=O)(O)O[C@@H]3[C@H](O)[C@@H](COP(=O)(O)O[C@H]2[C@H]1F)O[C@H]3n1cc(F)c2c(=O)[nH]cnc21. The Morgan fingerprint density at radius 3 is 1.97 bits per heavy atom. The van der Waals surface area contributed by atoms with Crippen LogP contribution in [-0.4, -0.2) is 148 Å². The molecular weight excluding hydrogens is 828 g/mol. The van der Waals surface area contributed by atoms with E-state index in [0.717, 1.165) is 34.3 Å². The molecule has 7 rings (SSSR count). The Bertz CT molecular complexity index is 2130. The predicted molar refractivity (Wildman–Crippen MR) is 207 cm³/mol. The van der Waals surface area contributed by atoms with Crippen molar-refractivity contribution in [1.29, 1.82) is 0 Å². The maximum Gasteiger partial charge on any atom is 0.472 e.